The lowest BCUT2D eigenvalue weighted by atomic mass is 10.1. The third-order valence-corrected chi connectivity index (χ3v) is 4.38. The summed E-state index contributed by atoms with van der Waals surface area (Å²) in [6.07, 6.45) is -0.0170. The van der Waals surface area contributed by atoms with Crippen LogP contribution in [0.2, 0.25) is 0 Å². The van der Waals surface area contributed by atoms with Gasteiger partial charge in [0.15, 0.2) is 0 Å². The van der Waals surface area contributed by atoms with Gasteiger partial charge < -0.3 is 5.32 Å². The highest BCUT2D eigenvalue weighted by molar-refractivity contribution is 7.85. The maximum Gasteiger partial charge on any atom is 0.233 e. The number of nitrogens with one attached hydrogen (secondary N) is 1. The minimum atomic E-state index is -1.68. The zero-order valence-corrected chi connectivity index (χ0v) is 12.8. The molecule has 3 nitrogen and oxygen atoms in total. The molecule has 0 saturated carbocycles. The number of hydrogen-bond acceptors (Lipinski definition) is 2. The molecule has 0 aliphatic heterocycles. The molecule has 2 aromatic rings. The van der Waals surface area contributed by atoms with Gasteiger partial charge in [-0.2, -0.15) is 0 Å². The van der Waals surface area contributed by atoms with Crippen LogP contribution in [0.3, 0.4) is 0 Å². The van der Waals surface area contributed by atoms with Gasteiger partial charge >= 0.3 is 0 Å². The first-order chi connectivity index (χ1) is 11.0. The summed E-state index contributed by atoms with van der Waals surface area (Å²) in [7, 11) is -1.68. The van der Waals surface area contributed by atoms with E-state index in [1.54, 1.807) is 0 Å². The lowest BCUT2D eigenvalue weighted by Crippen LogP contribution is -2.30. The van der Waals surface area contributed by atoms with Crippen molar-refractivity contribution in [3.8, 4) is 0 Å². The molecule has 2 aromatic carbocycles. The van der Waals surface area contributed by atoms with Gasteiger partial charge in [0.2, 0.25) is 5.91 Å². The Kier molecular flexibility index (Phi) is 5.92. The Balaban J connectivity index is 1.85. The van der Waals surface area contributed by atoms with Gasteiger partial charge in [0.05, 0.1) is 10.8 Å². The summed E-state index contributed by atoms with van der Waals surface area (Å²) in [5, 5.41) is 2.44. The summed E-state index contributed by atoms with van der Waals surface area (Å²) < 4.78 is 51.8. The van der Waals surface area contributed by atoms with E-state index in [-0.39, 0.29) is 29.2 Å². The molecule has 7 heteroatoms. The van der Waals surface area contributed by atoms with Crippen LogP contribution < -0.4 is 5.32 Å². The Hall–Kier alpha value is -2.15. The topological polar surface area (TPSA) is 46.2 Å². The largest absolute Gasteiger partial charge is 0.355 e. The molecule has 1 N–H and O–H groups in total. The molecule has 0 aromatic heterocycles. The second-order valence-corrected chi connectivity index (χ2v) is 6.20. The van der Waals surface area contributed by atoms with Crippen molar-refractivity contribution in [2.75, 3.05) is 12.3 Å². The van der Waals surface area contributed by atoms with Crippen molar-refractivity contribution < 1.29 is 22.2 Å². The second kappa shape index (κ2) is 7.92. The first kappa shape index (κ1) is 17.2. The summed E-state index contributed by atoms with van der Waals surface area (Å²) in [6, 6.07) is 8.71. The monoisotopic (exact) mass is 341 g/mol. The van der Waals surface area contributed by atoms with Crippen molar-refractivity contribution in [1.82, 2.24) is 5.32 Å². The van der Waals surface area contributed by atoms with Crippen LogP contribution in [0.4, 0.5) is 13.2 Å². The number of hydrogen-bond donors (Lipinski definition) is 1. The molecule has 2 rings (SSSR count). The van der Waals surface area contributed by atoms with E-state index in [0.29, 0.717) is 0 Å². The number of halogens is 3. The van der Waals surface area contributed by atoms with E-state index < -0.39 is 34.2 Å². The Morgan fingerprint density at radius 2 is 1.70 bits per heavy atom. The van der Waals surface area contributed by atoms with Gasteiger partial charge in [0.25, 0.3) is 0 Å². The summed E-state index contributed by atoms with van der Waals surface area (Å²) in [5.41, 5.74) is -0.112. The summed E-state index contributed by atoms with van der Waals surface area (Å²) in [5.74, 6) is -2.77. The molecule has 0 aliphatic rings. The summed E-state index contributed by atoms with van der Waals surface area (Å²) >= 11 is 0. The first-order valence-electron chi connectivity index (χ1n) is 6.81. The Bertz CT molecular complexity index is 717. The molecule has 0 heterocycles. The van der Waals surface area contributed by atoms with Crippen molar-refractivity contribution in [2.24, 2.45) is 0 Å². The minimum Gasteiger partial charge on any atom is -0.355 e. The summed E-state index contributed by atoms with van der Waals surface area (Å²) in [6.45, 7) is 0.0109. The fraction of sp³-hybridized carbons (Fsp3) is 0.188. The molecular weight excluding hydrogens is 327 g/mol. The molecule has 0 radical (unpaired) electrons. The minimum absolute atomic E-state index is 0.0109. The molecule has 0 spiro atoms. The highest BCUT2D eigenvalue weighted by Gasteiger charge is 2.12. The van der Waals surface area contributed by atoms with E-state index in [0.717, 1.165) is 18.2 Å². The third-order valence-electron chi connectivity index (χ3n) is 3.08. The Labute approximate surface area is 134 Å². The van der Waals surface area contributed by atoms with Gasteiger partial charge in [-0.15, -0.1) is 0 Å². The van der Waals surface area contributed by atoms with Gasteiger partial charge in [-0.25, -0.2) is 13.2 Å². The fourth-order valence-electron chi connectivity index (χ4n) is 1.96. The smallest absolute Gasteiger partial charge is 0.233 e. The maximum atomic E-state index is 13.4. The zero-order chi connectivity index (χ0) is 16.8. The van der Waals surface area contributed by atoms with Crippen LogP contribution in [0.1, 0.15) is 5.56 Å². The molecule has 0 unspecified atom stereocenters. The lowest BCUT2D eigenvalue weighted by molar-refractivity contribution is -0.118. The van der Waals surface area contributed by atoms with E-state index in [9.17, 15) is 22.2 Å². The van der Waals surface area contributed by atoms with Crippen molar-refractivity contribution in [2.45, 2.75) is 11.3 Å². The standard InChI is InChI=1S/C16H14F3NO2S/c17-11-3-1-4-12(9-11)23(22)10-16(21)20-8-7-13-14(18)5-2-6-15(13)19/h1-6,9H,7-8,10H2,(H,20,21)/t23-/m1/s1. The van der Waals surface area contributed by atoms with Gasteiger partial charge in [-0.3, -0.25) is 9.00 Å². The molecule has 122 valence electrons. The van der Waals surface area contributed by atoms with E-state index in [2.05, 4.69) is 5.32 Å². The Morgan fingerprint density at radius 3 is 2.35 bits per heavy atom. The highest BCUT2D eigenvalue weighted by atomic mass is 32.2. The van der Waals surface area contributed by atoms with E-state index in [4.69, 9.17) is 0 Å². The van der Waals surface area contributed by atoms with Gasteiger partial charge in [-0.1, -0.05) is 12.1 Å². The van der Waals surface area contributed by atoms with Gasteiger partial charge in [0.1, 0.15) is 23.2 Å². The van der Waals surface area contributed by atoms with Crippen LogP contribution in [-0.4, -0.2) is 22.4 Å². The molecule has 0 bridgehead atoms. The molecule has 23 heavy (non-hydrogen) atoms. The van der Waals surface area contributed by atoms with E-state index in [1.165, 1.54) is 24.3 Å². The van der Waals surface area contributed by atoms with Crippen molar-refractivity contribution in [3.63, 3.8) is 0 Å². The lowest BCUT2D eigenvalue weighted by Gasteiger charge is -2.07. The molecule has 1 amide bonds. The predicted octanol–water partition coefficient (Wildman–Crippen LogP) is 2.57. The zero-order valence-electron chi connectivity index (χ0n) is 12.0. The van der Waals surface area contributed by atoms with Gasteiger partial charge in [-0.05, 0) is 36.8 Å². The molecule has 1 atom stereocenters. The fourth-order valence-corrected chi connectivity index (χ4v) is 2.94. The van der Waals surface area contributed by atoms with Crippen LogP contribution in [-0.2, 0) is 22.0 Å². The Morgan fingerprint density at radius 1 is 1.04 bits per heavy atom. The predicted molar refractivity (Wildman–Crippen MR) is 80.7 cm³/mol. The van der Waals surface area contributed by atoms with Crippen LogP contribution in [0.5, 0.6) is 0 Å². The van der Waals surface area contributed by atoms with Crippen molar-refractivity contribution >= 4 is 16.7 Å². The molecule has 0 saturated heterocycles. The normalized spacial score (nSPS) is 12.0. The molecular formula is C16H14F3NO2S. The molecule has 0 fully saturated rings. The third kappa shape index (κ3) is 4.92. The van der Waals surface area contributed by atoms with E-state index in [1.807, 2.05) is 0 Å². The highest BCUT2D eigenvalue weighted by Crippen LogP contribution is 2.12. The average Bonchev–Trinajstić information content (AvgIpc) is 2.50. The van der Waals surface area contributed by atoms with Crippen molar-refractivity contribution in [3.05, 3.63) is 65.5 Å². The quantitative estimate of drug-likeness (QED) is 0.878. The van der Waals surface area contributed by atoms with Crippen molar-refractivity contribution in [1.29, 1.82) is 0 Å². The van der Waals surface area contributed by atoms with Crippen LogP contribution in [0.25, 0.3) is 0 Å². The first-order valence-corrected chi connectivity index (χ1v) is 8.13. The van der Waals surface area contributed by atoms with Crippen LogP contribution >= 0.6 is 0 Å². The number of benzene rings is 2. The van der Waals surface area contributed by atoms with Crippen LogP contribution in [0.15, 0.2) is 47.4 Å². The summed E-state index contributed by atoms with van der Waals surface area (Å²) in [4.78, 5) is 11.9. The number of rotatable bonds is 6. The maximum absolute atomic E-state index is 13.4. The average molecular weight is 341 g/mol. The number of carbonyl (C=O) groups excluding carboxylic acids is 1. The molecule has 0 aliphatic carbocycles. The SMILES string of the molecule is O=C(C[S@@](=O)c1cccc(F)c1)NCCc1c(F)cccc1F. The number of carbonyl (C=O) groups is 1. The van der Waals surface area contributed by atoms with Crippen LogP contribution in [0, 0.1) is 17.5 Å². The number of amides is 1. The van der Waals surface area contributed by atoms with Gasteiger partial charge in [0, 0.05) is 17.0 Å². The van der Waals surface area contributed by atoms with E-state index >= 15 is 0 Å². The second-order valence-electron chi connectivity index (χ2n) is 4.75.